The van der Waals surface area contributed by atoms with Crippen LogP contribution in [0.25, 0.3) is 0 Å². The van der Waals surface area contributed by atoms with Gasteiger partial charge in [-0.25, -0.2) is 0 Å². The van der Waals surface area contributed by atoms with Gasteiger partial charge in [0.15, 0.2) is 11.6 Å². The van der Waals surface area contributed by atoms with E-state index in [1.807, 2.05) is 18.2 Å². The molecule has 0 saturated heterocycles. The van der Waals surface area contributed by atoms with Crippen LogP contribution in [0.1, 0.15) is 41.6 Å². The lowest BCUT2D eigenvalue weighted by Crippen LogP contribution is -2.16. The first kappa shape index (κ1) is 14.7. The van der Waals surface area contributed by atoms with Gasteiger partial charge in [-0.2, -0.15) is 0 Å². The zero-order valence-corrected chi connectivity index (χ0v) is 12.5. The number of nitrogens with zero attached hydrogens (tertiary/aromatic N) is 1. The molecule has 2 heterocycles. The van der Waals surface area contributed by atoms with E-state index in [4.69, 9.17) is 4.74 Å². The zero-order chi connectivity index (χ0) is 15.4. The Balaban J connectivity index is 1.61. The summed E-state index contributed by atoms with van der Waals surface area (Å²) in [5.74, 6) is 0.729. The first-order valence-corrected chi connectivity index (χ1v) is 7.77. The van der Waals surface area contributed by atoms with Crippen molar-refractivity contribution in [2.75, 3.05) is 13.2 Å². The normalized spacial score (nSPS) is 16.5. The van der Waals surface area contributed by atoms with Gasteiger partial charge in [0.05, 0.1) is 6.61 Å². The maximum Gasteiger partial charge on any atom is 0.181 e. The summed E-state index contributed by atoms with van der Waals surface area (Å²) in [6.07, 6.45) is 7.01. The number of rotatable bonds is 5. The van der Waals surface area contributed by atoms with Crippen molar-refractivity contribution >= 4 is 17.3 Å². The molecule has 2 aliphatic rings. The monoisotopic (exact) mass is 297 g/mol. The van der Waals surface area contributed by atoms with Crippen LogP contribution in [0.4, 0.5) is 0 Å². The lowest BCUT2D eigenvalue weighted by Gasteiger charge is -2.17. The number of aliphatic imine (C=N–C) groups is 1. The van der Waals surface area contributed by atoms with E-state index >= 15 is 0 Å². The van der Waals surface area contributed by atoms with Gasteiger partial charge in [0.2, 0.25) is 0 Å². The summed E-state index contributed by atoms with van der Waals surface area (Å²) in [6, 6.07) is 5.59. The number of carbonyl (C=O) groups is 2. The number of aryl methyl sites for hydroxylation is 1. The molecule has 0 saturated carbocycles. The smallest absolute Gasteiger partial charge is 0.181 e. The second-order valence-electron chi connectivity index (χ2n) is 5.58. The number of benzene rings is 1. The van der Waals surface area contributed by atoms with E-state index in [9.17, 15) is 9.59 Å². The second kappa shape index (κ2) is 6.69. The molecule has 1 aromatic carbocycles. The second-order valence-corrected chi connectivity index (χ2v) is 5.58. The molecule has 3 rings (SSSR count). The molecular formula is C18H19NO3. The van der Waals surface area contributed by atoms with Crippen LogP contribution in [-0.4, -0.2) is 30.4 Å². The van der Waals surface area contributed by atoms with Gasteiger partial charge in [-0.1, -0.05) is 18.2 Å². The molecule has 0 atom stereocenters. The molecule has 0 aliphatic carbocycles. The Kier molecular flexibility index (Phi) is 4.47. The van der Waals surface area contributed by atoms with Crippen molar-refractivity contribution in [3.8, 4) is 5.75 Å². The Morgan fingerprint density at radius 1 is 1.18 bits per heavy atom. The Morgan fingerprint density at radius 2 is 2.05 bits per heavy atom. The SMILES string of the molecule is O=C(CCC(=O)c1ccc2c(c1)OCCC2)C1=NCCC=C1. The van der Waals surface area contributed by atoms with Crippen LogP contribution in [-0.2, 0) is 11.2 Å². The minimum absolute atomic E-state index is 0.0225. The first-order chi connectivity index (χ1) is 10.7. The number of allylic oxidation sites excluding steroid dienone is 1. The van der Waals surface area contributed by atoms with Gasteiger partial charge >= 0.3 is 0 Å². The molecule has 0 spiro atoms. The molecule has 22 heavy (non-hydrogen) atoms. The third-order valence-electron chi connectivity index (χ3n) is 3.96. The van der Waals surface area contributed by atoms with Crippen LogP contribution in [0, 0.1) is 0 Å². The minimum Gasteiger partial charge on any atom is -0.493 e. The number of Topliss-reactive ketones (excluding diaryl/α,β-unsaturated/α-hetero) is 2. The number of hydrogen-bond donors (Lipinski definition) is 0. The van der Waals surface area contributed by atoms with E-state index in [2.05, 4.69) is 4.99 Å². The summed E-state index contributed by atoms with van der Waals surface area (Å²) in [4.78, 5) is 28.4. The van der Waals surface area contributed by atoms with Gasteiger partial charge in [-0.15, -0.1) is 0 Å². The van der Waals surface area contributed by atoms with Crippen molar-refractivity contribution in [2.45, 2.75) is 32.1 Å². The van der Waals surface area contributed by atoms with E-state index in [1.165, 1.54) is 0 Å². The van der Waals surface area contributed by atoms with Crippen LogP contribution in [0.2, 0.25) is 0 Å². The Morgan fingerprint density at radius 3 is 2.86 bits per heavy atom. The minimum atomic E-state index is -0.0569. The van der Waals surface area contributed by atoms with Crippen molar-refractivity contribution in [3.05, 3.63) is 41.5 Å². The van der Waals surface area contributed by atoms with Crippen LogP contribution < -0.4 is 4.74 Å². The van der Waals surface area contributed by atoms with Gasteiger partial charge in [-0.3, -0.25) is 14.6 Å². The fourth-order valence-electron chi connectivity index (χ4n) is 2.70. The molecular weight excluding hydrogens is 278 g/mol. The molecule has 0 radical (unpaired) electrons. The highest BCUT2D eigenvalue weighted by atomic mass is 16.5. The van der Waals surface area contributed by atoms with E-state index in [1.54, 1.807) is 12.1 Å². The van der Waals surface area contributed by atoms with E-state index in [-0.39, 0.29) is 24.4 Å². The predicted octanol–water partition coefficient (Wildman–Crippen LogP) is 2.94. The number of dihydropyridines is 1. The summed E-state index contributed by atoms with van der Waals surface area (Å²) in [5.41, 5.74) is 2.27. The maximum absolute atomic E-state index is 12.3. The van der Waals surface area contributed by atoms with Gasteiger partial charge < -0.3 is 4.74 Å². The highest BCUT2D eigenvalue weighted by Gasteiger charge is 2.16. The molecule has 0 fully saturated rings. The highest BCUT2D eigenvalue weighted by Crippen LogP contribution is 2.26. The summed E-state index contributed by atoms with van der Waals surface area (Å²) in [5, 5.41) is 0. The average molecular weight is 297 g/mol. The van der Waals surface area contributed by atoms with Crippen molar-refractivity contribution in [1.29, 1.82) is 0 Å². The Hall–Kier alpha value is -2.23. The van der Waals surface area contributed by atoms with Crippen LogP contribution in [0.15, 0.2) is 35.3 Å². The molecule has 1 aromatic rings. The zero-order valence-electron chi connectivity index (χ0n) is 12.5. The van der Waals surface area contributed by atoms with Crippen LogP contribution in [0.5, 0.6) is 5.75 Å². The molecule has 0 amide bonds. The van der Waals surface area contributed by atoms with Crippen molar-refractivity contribution in [3.63, 3.8) is 0 Å². The molecule has 0 unspecified atom stereocenters. The molecule has 114 valence electrons. The van der Waals surface area contributed by atoms with Crippen molar-refractivity contribution in [1.82, 2.24) is 0 Å². The Labute approximate surface area is 129 Å². The summed E-state index contributed by atoms with van der Waals surface area (Å²) in [7, 11) is 0. The van der Waals surface area contributed by atoms with Gasteiger partial charge in [0, 0.05) is 24.9 Å². The highest BCUT2D eigenvalue weighted by molar-refractivity contribution is 6.44. The summed E-state index contributed by atoms with van der Waals surface area (Å²) < 4.78 is 5.59. The molecule has 0 N–H and O–H groups in total. The first-order valence-electron chi connectivity index (χ1n) is 7.77. The molecule has 4 heteroatoms. The van der Waals surface area contributed by atoms with E-state index < -0.39 is 0 Å². The molecule has 2 aliphatic heterocycles. The molecule has 0 aromatic heterocycles. The van der Waals surface area contributed by atoms with Crippen molar-refractivity contribution in [2.24, 2.45) is 4.99 Å². The quantitative estimate of drug-likeness (QED) is 0.785. The lowest BCUT2D eigenvalue weighted by atomic mass is 9.99. The number of ketones is 2. The fourth-order valence-corrected chi connectivity index (χ4v) is 2.70. The third kappa shape index (κ3) is 3.32. The number of hydrogen-bond acceptors (Lipinski definition) is 4. The Bertz CT molecular complexity index is 658. The number of fused-ring (bicyclic) bond motifs is 1. The summed E-state index contributed by atoms with van der Waals surface area (Å²) >= 11 is 0. The van der Waals surface area contributed by atoms with Crippen LogP contribution in [0.3, 0.4) is 0 Å². The largest absolute Gasteiger partial charge is 0.493 e. The van der Waals surface area contributed by atoms with Gasteiger partial charge in [0.25, 0.3) is 0 Å². The van der Waals surface area contributed by atoms with Crippen LogP contribution >= 0.6 is 0 Å². The topological polar surface area (TPSA) is 55.7 Å². The third-order valence-corrected chi connectivity index (χ3v) is 3.96. The predicted molar refractivity (Wildman–Crippen MR) is 84.9 cm³/mol. The van der Waals surface area contributed by atoms with Gasteiger partial charge in [-0.05, 0) is 37.0 Å². The number of carbonyl (C=O) groups excluding carboxylic acids is 2. The fraction of sp³-hybridized carbons (Fsp3) is 0.389. The average Bonchev–Trinajstić information content (AvgIpc) is 2.59. The number of ether oxygens (including phenoxy) is 1. The molecule has 0 bridgehead atoms. The maximum atomic E-state index is 12.3. The lowest BCUT2D eigenvalue weighted by molar-refractivity contribution is -0.112. The van der Waals surface area contributed by atoms with Gasteiger partial charge in [0.1, 0.15) is 11.5 Å². The van der Waals surface area contributed by atoms with E-state index in [0.717, 1.165) is 30.6 Å². The summed E-state index contributed by atoms with van der Waals surface area (Å²) in [6.45, 7) is 1.36. The van der Waals surface area contributed by atoms with E-state index in [0.29, 0.717) is 24.4 Å². The van der Waals surface area contributed by atoms with Crippen molar-refractivity contribution < 1.29 is 14.3 Å². The standard InChI is InChI=1S/C18H19NO3/c20-16(8-9-17(21)15-5-1-2-10-19-15)14-7-6-13-4-3-11-22-18(13)12-14/h1,5-7,12H,2-4,8-11H2. The molecule has 4 nitrogen and oxygen atoms in total.